The Hall–Kier alpha value is -2.50. The van der Waals surface area contributed by atoms with E-state index in [4.69, 9.17) is 5.11 Å². The van der Waals surface area contributed by atoms with Gasteiger partial charge in [-0.15, -0.1) is 0 Å². The predicted molar refractivity (Wildman–Crippen MR) is 84.7 cm³/mol. The Morgan fingerprint density at radius 3 is 2.59 bits per heavy atom. The highest BCUT2D eigenvalue weighted by Gasteiger charge is 2.16. The van der Waals surface area contributed by atoms with Crippen LogP contribution in [0.15, 0.2) is 30.6 Å². The smallest absolute Gasteiger partial charge is 0.308 e. The molecular weight excluding hydrogens is 280 g/mol. The Bertz CT molecular complexity index is 646. The topological polar surface area (TPSA) is 79.2 Å². The summed E-state index contributed by atoms with van der Waals surface area (Å²) in [6, 6.07) is 5.62. The summed E-state index contributed by atoms with van der Waals surface area (Å²) in [6.07, 6.45) is 4.19. The van der Waals surface area contributed by atoms with Gasteiger partial charge in [-0.25, -0.2) is 9.97 Å². The molecule has 6 nitrogen and oxygen atoms in total. The quantitative estimate of drug-likeness (QED) is 0.881. The second-order valence-corrected chi connectivity index (χ2v) is 5.25. The maximum Gasteiger partial charge on any atom is 0.308 e. The highest BCUT2D eigenvalue weighted by molar-refractivity contribution is 5.70. The minimum atomic E-state index is -0.814. The van der Waals surface area contributed by atoms with E-state index >= 15 is 0 Å². The number of carboxylic acid groups (broad SMARTS) is 1. The summed E-state index contributed by atoms with van der Waals surface area (Å²) in [4.78, 5) is 26.0. The van der Waals surface area contributed by atoms with Gasteiger partial charge in [0.25, 0.3) is 0 Å². The Morgan fingerprint density at radius 1 is 1.32 bits per heavy atom. The molecule has 116 valence electrons. The van der Waals surface area contributed by atoms with Crippen LogP contribution in [0.5, 0.6) is 0 Å². The molecular formula is C16H20N4O2. The number of pyridine rings is 1. The van der Waals surface area contributed by atoms with Crippen molar-refractivity contribution in [3.8, 4) is 11.4 Å². The molecule has 0 amide bonds. The number of rotatable bonds is 6. The number of hydrogen-bond donors (Lipinski definition) is 1. The zero-order chi connectivity index (χ0) is 16.1. The summed E-state index contributed by atoms with van der Waals surface area (Å²) in [6.45, 7) is 4.11. The molecule has 0 aromatic carbocycles. The Kier molecular flexibility index (Phi) is 5.04. The van der Waals surface area contributed by atoms with Crippen molar-refractivity contribution in [3.63, 3.8) is 0 Å². The van der Waals surface area contributed by atoms with E-state index in [1.807, 2.05) is 37.1 Å². The summed E-state index contributed by atoms with van der Waals surface area (Å²) in [5, 5.41) is 9.04. The Balaban J connectivity index is 2.33. The SMILES string of the molecule is CCc1cc(N(C)CC(C)C(=O)O)nc(-c2ccncc2)n1. The van der Waals surface area contributed by atoms with Gasteiger partial charge in [0.05, 0.1) is 5.92 Å². The number of nitrogens with zero attached hydrogens (tertiary/aromatic N) is 4. The van der Waals surface area contributed by atoms with Gasteiger partial charge in [0.2, 0.25) is 0 Å². The fourth-order valence-electron chi connectivity index (χ4n) is 2.07. The van der Waals surface area contributed by atoms with Crippen molar-refractivity contribution < 1.29 is 9.90 Å². The molecule has 0 aliphatic heterocycles. The average molecular weight is 300 g/mol. The zero-order valence-corrected chi connectivity index (χ0v) is 13.0. The molecule has 0 saturated heterocycles. The molecule has 0 fully saturated rings. The maximum atomic E-state index is 11.0. The summed E-state index contributed by atoms with van der Waals surface area (Å²) in [7, 11) is 1.84. The molecule has 0 aliphatic carbocycles. The third-order valence-corrected chi connectivity index (χ3v) is 3.43. The first kappa shape index (κ1) is 15.9. The van der Waals surface area contributed by atoms with Crippen molar-refractivity contribution >= 4 is 11.8 Å². The van der Waals surface area contributed by atoms with Crippen molar-refractivity contribution in [1.82, 2.24) is 15.0 Å². The number of carbonyl (C=O) groups is 1. The summed E-state index contributed by atoms with van der Waals surface area (Å²) < 4.78 is 0. The number of aryl methyl sites for hydroxylation is 1. The fraction of sp³-hybridized carbons (Fsp3) is 0.375. The highest BCUT2D eigenvalue weighted by Crippen LogP contribution is 2.20. The van der Waals surface area contributed by atoms with Crippen LogP contribution in [0.2, 0.25) is 0 Å². The normalized spacial score (nSPS) is 12.0. The number of carboxylic acids is 1. The Labute approximate surface area is 129 Å². The van der Waals surface area contributed by atoms with E-state index in [-0.39, 0.29) is 0 Å². The van der Waals surface area contributed by atoms with Crippen LogP contribution in [0.3, 0.4) is 0 Å². The van der Waals surface area contributed by atoms with E-state index in [9.17, 15) is 4.79 Å². The zero-order valence-electron chi connectivity index (χ0n) is 13.0. The van der Waals surface area contributed by atoms with Crippen LogP contribution in [0.25, 0.3) is 11.4 Å². The van der Waals surface area contributed by atoms with Crippen LogP contribution in [0, 0.1) is 5.92 Å². The van der Waals surface area contributed by atoms with Crippen LogP contribution < -0.4 is 4.90 Å². The lowest BCUT2D eigenvalue weighted by atomic mass is 10.1. The molecule has 0 radical (unpaired) electrons. The van der Waals surface area contributed by atoms with Gasteiger partial charge >= 0.3 is 5.97 Å². The number of anilines is 1. The molecule has 2 rings (SSSR count). The first-order chi connectivity index (χ1) is 10.5. The van der Waals surface area contributed by atoms with Gasteiger partial charge in [0, 0.05) is 43.3 Å². The largest absolute Gasteiger partial charge is 0.481 e. The number of aromatic nitrogens is 3. The molecule has 0 bridgehead atoms. The maximum absolute atomic E-state index is 11.0. The molecule has 1 N–H and O–H groups in total. The molecule has 2 heterocycles. The van der Waals surface area contributed by atoms with Gasteiger partial charge in [-0.2, -0.15) is 0 Å². The van der Waals surface area contributed by atoms with E-state index in [0.29, 0.717) is 12.4 Å². The molecule has 1 unspecified atom stereocenters. The lowest BCUT2D eigenvalue weighted by molar-refractivity contribution is -0.140. The van der Waals surface area contributed by atoms with Gasteiger partial charge in [-0.3, -0.25) is 9.78 Å². The lowest BCUT2D eigenvalue weighted by Gasteiger charge is -2.21. The minimum Gasteiger partial charge on any atom is -0.481 e. The van der Waals surface area contributed by atoms with Gasteiger partial charge < -0.3 is 10.0 Å². The standard InChI is InChI=1S/C16H20N4O2/c1-4-13-9-14(20(3)10-11(2)16(21)22)19-15(18-13)12-5-7-17-8-6-12/h5-9,11H,4,10H2,1-3H3,(H,21,22). The molecule has 6 heteroatoms. The minimum absolute atomic E-state index is 0.394. The van der Waals surface area contributed by atoms with Gasteiger partial charge in [0.15, 0.2) is 5.82 Å². The van der Waals surface area contributed by atoms with Crippen molar-refractivity contribution in [2.45, 2.75) is 20.3 Å². The summed E-state index contributed by atoms with van der Waals surface area (Å²) in [5.41, 5.74) is 1.82. The Morgan fingerprint density at radius 2 is 2.00 bits per heavy atom. The van der Waals surface area contributed by atoms with E-state index in [2.05, 4.69) is 15.0 Å². The van der Waals surface area contributed by atoms with E-state index in [1.54, 1.807) is 19.3 Å². The van der Waals surface area contributed by atoms with Crippen LogP contribution in [-0.2, 0) is 11.2 Å². The predicted octanol–water partition coefficient (Wildman–Crippen LogP) is 2.26. The molecule has 2 aromatic heterocycles. The first-order valence-electron chi connectivity index (χ1n) is 7.23. The summed E-state index contributed by atoms with van der Waals surface area (Å²) in [5.74, 6) is 0.0822. The number of aliphatic carboxylic acids is 1. The first-order valence-corrected chi connectivity index (χ1v) is 7.23. The van der Waals surface area contributed by atoms with Gasteiger partial charge in [-0.1, -0.05) is 13.8 Å². The van der Waals surface area contributed by atoms with E-state index in [0.717, 1.165) is 23.5 Å². The van der Waals surface area contributed by atoms with Crippen molar-refractivity contribution in [2.75, 3.05) is 18.5 Å². The molecule has 2 aromatic rings. The van der Waals surface area contributed by atoms with Crippen LogP contribution in [0.1, 0.15) is 19.5 Å². The molecule has 0 saturated carbocycles. The summed E-state index contributed by atoms with van der Waals surface area (Å²) >= 11 is 0. The third kappa shape index (κ3) is 3.78. The van der Waals surface area contributed by atoms with Gasteiger partial charge in [-0.05, 0) is 18.6 Å². The van der Waals surface area contributed by atoms with Crippen LogP contribution >= 0.6 is 0 Å². The molecule has 22 heavy (non-hydrogen) atoms. The van der Waals surface area contributed by atoms with Gasteiger partial charge in [0.1, 0.15) is 5.82 Å². The molecule has 1 atom stereocenters. The van der Waals surface area contributed by atoms with Crippen molar-refractivity contribution in [3.05, 3.63) is 36.3 Å². The highest BCUT2D eigenvalue weighted by atomic mass is 16.4. The van der Waals surface area contributed by atoms with Crippen molar-refractivity contribution in [2.24, 2.45) is 5.92 Å². The average Bonchev–Trinajstić information content (AvgIpc) is 2.54. The molecule has 0 aliphatic rings. The number of hydrogen-bond acceptors (Lipinski definition) is 5. The van der Waals surface area contributed by atoms with E-state index < -0.39 is 11.9 Å². The third-order valence-electron chi connectivity index (χ3n) is 3.43. The van der Waals surface area contributed by atoms with E-state index in [1.165, 1.54) is 0 Å². The van der Waals surface area contributed by atoms with Crippen molar-refractivity contribution in [1.29, 1.82) is 0 Å². The molecule has 0 spiro atoms. The second kappa shape index (κ2) is 6.98. The van der Waals surface area contributed by atoms with Crippen LogP contribution in [0.4, 0.5) is 5.82 Å². The van der Waals surface area contributed by atoms with Crippen LogP contribution in [-0.4, -0.2) is 39.6 Å². The lowest BCUT2D eigenvalue weighted by Crippen LogP contribution is -2.29. The monoisotopic (exact) mass is 300 g/mol. The fourth-order valence-corrected chi connectivity index (χ4v) is 2.07. The second-order valence-electron chi connectivity index (χ2n) is 5.25.